The molecule has 4 nitrogen and oxygen atoms in total. The van der Waals surface area contributed by atoms with E-state index in [1.807, 2.05) is 0 Å². The zero-order chi connectivity index (χ0) is 17.9. The summed E-state index contributed by atoms with van der Waals surface area (Å²) >= 11 is 0. The van der Waals surface area contributed by atoms with E-state index >= 15 is 0 Å². The number of anilines is 2. The van der Waals surface area contributed by atoms with Crippen LogP contribution in [0.25, 0.3) is 0 Å². The number of rotatable bonds is 10. The summed E-state index contributed by atoms with van der Waals surface area (Å²) in [6, 6.07) is 8.43. The molecule has 138 valence electrons. The van der Waals surface area contributed by atoms with Crippen LogP contribution < -0.4 is 15.5 Å². The van der Waals surface area contributed by atoms with Crippen molar-refractivity contribution in [1.29, 1.82) is 0 Å². The monoisotopic (exact) mass is 343 g/mol. The first-order chi connectivity index (χ1) is 12.2. The van der Waals surface area contributed by atoms with E-state index in [-0.39, 0.29) is 5.91 Å². The van der Waals surface area contributed by atoms with Gasteiger partial charge in [0.05, 0.1) is 0 Å². The van der Waals surface area contributed by atoms with Crippen molar-refractivity contribution in [2.75, 3.05) is 36.4 Å². The van der Waals surface area contributed by atoms with Crippen molar-refractivity contribution in [3.05, 3.63) is 35.9 Å². The molecule has 25 heavy (non-hydrogen) atoms. The Balaban J connectivity index is 1.62. The molecule has 1 aromatic rings. The van der Waals surface area contributed by atoms with Crippen LogP contribution in [0.5, 0.6) is 0 Å². The van der Waals surface area contributed by atoms with Gasteiger partial charge in [-0.1, -0.05) is 11.6 Å². The molecule has 0 saturated heterocycles. The van der Waals surface area contributed by atoms with Crippen molar-refractivity contribution in [2.45, 2.75) is 52.4 Å². The van der Waals surface area contributed by atoms with Crippen molar-refractivity contribution >= 4 is 17.3 Å². The van der Waals surface area contributed by atoms with Gasteiger partial charge in [-0.05, 0) is 70.2 Å². The second-order valence-corrected chi connectivity index (χ2v) is 6.60. The van der Waals surface area contributed by atoms with Crippen LogP contribution in [0.3, 0.4) is 0 Å². The predicted octanol–water partition coefficient (Wildman–Crippen LogP) is 4.34. The van der Waals surface area contributed by atoms with Crippen LogP contribution in [-0.4, -0.2) is 32.1 Å². The van der Waals surface area contributed by atoms with E-state index in [1.54, 1.807) is 0 Å². The van der Waals surface area contributed by atoms with Gasteiger partial charge in [0.15, 0.2) is 0 Å². The molecule has 4 heteroatoms. The Kier molecular flexibility index (Phi) is 8.36. The molecule has 0 heterocycles. The van der Waals surface area contributed by atoms with Gasteiger partial charge >= 0.3 is 0 Å². The molecule has 0 aromatic heterocycles. The first-order valence-electron chi connectivity index (χ1n) is 9.76. The topological polar surface area (TPSA) is 44.4 Å². The first-order valence-corrected chi connectivity index (χ1v) is 9.76. The zero-order valence-electron chi connectivity index (χ0n) is 15.8. The maximum absolute atomic E-state index is 11.9. The van der Waals surface area contributed by atoms with Crippen molar-refractivity contribution in [1.82, 2.24) is 5.32 Å². The van der Waals surface area contributed by atoms with Crippen LogP contribution in [0.1, 0.15) is 52.4 Å². The number of hydrogen-bond acceptors (Lipinski definition) is 3. The van der Waals surface area contributed by atoms with Gasteiger partial charge in [0.25, 0.3) is 0 Å². The van der Waals surface area contributed by atoms with Gasteiger partial charge in [0, 0.05) is 44.0 Å². The Bertz CT molecular complexity index is 547. The molecule has 2 rings (SSSR count). The van der Waals surface area contributed by atoms with E-state index in [0.717, 1.165) is 31.7 Å². The summed E-state index contributed by atoms with van der Waals surface area (Å²) in [5.74, 6) is 0.128. The van der Waals surface area contributed by atoms with E-state index in [9.17, 15) is 4.79 Å². The number of allylic oxidation sites excluding steroid dienone is 1. The largest absolute Gasteiger partial charge is 0.385 e. The molecule has 1 amide bonds. The van der Waals surface area contributed by atoms with Gasteiger partial charge in [0.1, 0.15) is 0 Å². The predicted molar refractivity (Wildman–Crippen MR) is 107 cm³/mol. The molecule has 2 N–H and O–H groups in total. The molecule has 1 aliphatic rings. The number of carbonyl (C=O) groups excluding carboxylic acids is 1. The molecule has 1 aliphatic carbocycles. The number of hydrogen-bond donors (Lipinski definition) is 2. The Morgan fingerprint density at radius 1 is 1.08 bits per heavy atom. The van der Waals surface area contributed by atoms with Crippen molar-refractivity contribution in [3.8, 4) is 0 Å². The molecule has 0 spiro atoms. The standard InChI is InChI=1S/C21H33N3O/c1-3-24(4-2)20-12-10-19(11-13-20)22-17-15-21(25)23-16-14-18-8-6-5-7-9-18/h8,10-13,22H,3-7,9,14-17H2,1-2H3,(H,23,25). The molecular weight excluding hydrogens is 310 g/mol. The van der Waals surface area contributed by atoms with Crippen LogP contribution in [0.15, 0.2) is 35.9 Å². The SMILES string of the molecule is CCN(CC)c1ccc(NCCC(=O)NCCC2=CCCCC2)cc1. The molecule has 1 aromatic carbocycles. The average molecular weight is 344 g/mol. The third-order valence-corrected chi connectivity index (χ3v) is 4.83. The minimum absolute atomic E-state index is 0.128. The summed E-state index contributed by atoms with van der Waals surface area (Å²) in [4.78, 5) is 14.2. The first kappa shape index (κ1) is 19.4. The molecule has 0 fully saturated rings. The number of nitrogens with zero attached hydrogens (tertiary/aromatic N) is 1. The summed E-state index contributed by atoms with van der Waals surface area (Å²) < 4.78 is 0. The van der Waals surface area contributed by atoms with Gasteiger partial charge in [-0.2, -0.15) is 0 Å². The van der Waals surface area contributed by atoms with Gasteiger partial charge < -0.3 is 15.5 Å². The molecular formula is C21H33N3O. The summed E-state index contributed by atoms with van der Waals surface area (Å²) in [6.07, 6.45) is 8.90. The number of nitrogens with one attached hydrogen (secondary N) is 2. The molecule has 0 saturated carbocycles. The fourth-order valence-corrected chi connectivity index (χ4v) is 3.28. The lowest BCUT2D eigenvalue weighted by Crippen LogP contribution is -2.26. The van der Waals surface area contributed by atoms with Gasteiger partial charge in [0.2, 0.25) is 5.91 Å². The third kappa shape index (κ3) is 6.81. The summed E-state index contributed by atoms with van der Waals surface area (Å²) in [5.41, 5.74) is 3.82. The van der Waals surface area contributed by atoms with E-state index in [4.69, 9.17) is 0 Å². The summed E-state index contributed by atoms with van der Waals surface area (Å²) in [6.45, 7) is 7.79. The Morgan fingerprint density at radius 2 is 1.84 bits per heavy atom. The maximum atomic E-state index is 11.9. The second-order valence-electron chi connectivity index (χ2n) is 6.60. The van der Waals surface area contributed by atoms with E-state index in [0.29, 0.717) is 13.0 Å². The smallest absolute Gasteiger partial charge is 0.221 e. The molecule has 0 atom stereocenters. The van der Waals surface area contributed by atoms with Gasteiger partial charge in [-0.15, -0.1) is 0 Å². The van der Waals surface area contributed by atoms with Crippen molar-refractivity contribution < 1.29 is 4.79 Å². The Hall–Kier alpha value is -1.97. The molecule has 0 aliphatic heterocycles. The summed E-state index contributed by atoms with van der Waals surface area (Å²) in [7, 11) is 0. The number of carbonyl (C=O) groups is 1. The molecule has 0 unspecified atom stereocenters. The second kappa shape index (κ2) is 10.8. The van der Waals surface area contributed by atoms with Crippen LogP contribution in [0, 0.1) is 0 Å². The lowest BCUT2D eigenvalue weighted by Gasteiger charge is -2.21. The highest BCUT2D eigenvalue weighted by Crippen LogP contribution is 2.19. The van der Waals surface area contributed by atoms with Crippen LogP contribution in [-0.2, 0) is 4.79 Å². The molecule has 0 radical (unpaired) electrons. The number of benzene rings is 1. The van der Waals surface area contributed by atoms with Gasteiger partial charge in [-0.25, -0.2) is 0 Å². The third-order valence-electron chi connectivity index (χ3n) is 4.83. The number of amides is 1. The van der Waals surface area contributed by atoms with E-state index < -0.39 is 0 Å². The fraction of sp³-hybridized carbons (Fsp3) is 0.571. The van der Waals surface area contributed by atoms with Gasteiger partial charge in [-0.3, -0.25) is 4.79 Å². The van der Waals surface area contributed by atoms with Crippen molar-refractivity contribution in [2.24, 2.45) is 0 Å². The highest BCUT2D eigenvalue weighted by Gasteiger charge is 2.05. The molecule has 0 bridgehead atoms. The lowest BCUT2D eigenvalue weighted by molar-refractivity contribution is -0.120. The minimum atomic E-state index is 0.128. The van der Waals surface area contributed by atoms with Crippen LogP contribution in [0.2, 0.25) is 0 Å². The lowest BCUT2D eigenvalue weighted by atomic mass is 9.97. The minimum Gasteiger partial charge on any atom is -0.385 e. The zero-order valence-corrected chi connectivity index (χ0v) is 15.8. The normalized spacial score (nSPS) is 13.9. The van der Waals surface area contributed by atoms with Crippen molar-refractivity contribution in [3.63, 3.8) is 0 Å². The Morgan fingerprint density at radius 3 is 2.48 bits per heavy atom. The maximum Gasteiger partial charge on any atom is 0.221 e. The highest BCUT2D eigenvalue weighted by atomic mass is 16.1. The Labute approximate surface area is 152 Å². The summed E-state index contributed by atoms with van der Waals surface area (Å²) in [5, 5.41) is 6.36. The average Bonchev–Trinajstić information content (AvgIpc) is 2.65. The van der Waals surface area contributed by atoms with E-state index in [2.05, 4.69) is 59.7 Å². The van der Waals surface area contributed by atoms with Crippen LogP contribution >= 0.6 is 0 Å². The fourth-order valence-electron chi connectivity index (χ4n) is 3.28. The van der Waals surface area contributed by atoms with E-state index in [1.165, 1.54) is 36.9 Å². The quantitative estimate of drug-likeness (QED) is 0.621. The van der Waals surface area contributed by atoms with Crippen LogP contribution in [0.4, 0.5) is 11.4 Å². The highest BCUT2D eigenvalue weighted by molar-refractivity contribution is 5.76.